The molecule has 148 valence electrons. The molecule has 1 amide bonds. The highest BCUT2D eigenvalue weighted by Gasteiger charge is 2.25. The second-order valence-electron chi connectivity index (χ2n) is 7.02. The third kappa shape index (κ3) is 3.76. The van der Waals surface area contributed by atoms with E-state index in [1.54, 1.807) is 30.5 Å². The van der Waals surface area contributed by atoms with Gasteiger partial charge in [-0.1, -0.05) is 0 Å². The first-order chi connectivity index (χ1) is 13.6. The van der Waals surface area contributed by atoms with Gasteiger partial charge in [-0.15, -0.1) is 0 Å². The van der Waals surface area contributed by atoms with Gasteiger partial charge in [0.1, 0.15) is 5.52 Å². The lowest BCUT2D eigenvalue weighted by atomic mass is 10.1. The van der Waals surface area contributed by atoms with Crippen molar-refractivity contribution in [3.63, 3.8) is 0 Å². The maximum absolute atomic E-state index is 12.4. The first kappa shape index (κ1) is 18.6. The minimum absolute atomic E-state index is 0.0709. The zero-order valence-electron chi connectivity index (χ0n) is 15.6. The number of carbonyl (C=O) groups is 1. The maximum Gasteiger partial charge on any atom is 0.278 e. The van der Waals surface area contributed by atoms with Crippen molar-refractivity contribution in [1.29, 1.82) is 0 Å². The van der Waals surface area contributed by atoms with Crippen molar-refractivity contribution in [3.05, 3.63) is 40.6 Å². The molecule has 0 atom stereocenters. The Hall–Kier alpha value is -2.78. The zero-order chi connectivity index (χ0) is 19.5. The molecular weight excluding hydrogens is 362 g/mol. The molecule has 2 fully saturated rings. The number of fused-ring (bicyclic) bond motifs is 1. The van der Waals surface area contributed by atoms with Gasteiger partial charge in [-0.05, 0) is 18.2 Å². The molecule has 0 saturated carbocycles. The number of aromatic nitrogens is 1. The van der Waals surface area contributed by atoms with Gasteiger partial charge < -0.3 is 14.5 Å². The van der Waals surface area contributed by atoms with Gasteiger partial charge >= 0.3 is 0 Å². The predicted octanol–water partition coefficient (Wildman–Crippen LogP) is 1.12. The monoisotopic (exact) mass is 385 g/mol. The Kier molecular flexibility index (Phi) is 5.36. The summed E-state index contributed by atoms with van der Waals surface area (Å²) in [5, 5.41) is 11.8. The largest absolute Gasteiger partial charge is 0.378 e. The molecule has 2 aliphatic heterocycles. The number of morpholine rings is 1. The molecule has 1 aromatic carbocycles. The zero-order valence-corrected chi connectivity index (χ0v) is 15.6. The van der Waals surface area contributed by atoms with E-state index >= 15 is 0 Å². The van der Waals surface area contributed by atoms with Crippen LogP contribution in [0.5, 0.6) is 0 Å². The van der Waals surface area contributed by atoms with Crippen LogP contribution in [0.3, 0.4) is 0 Å². The number of carbonyl (C=O) groups excluding carboxylic acids is 1. The lowest BCUT2D eigenvalue weighted by molar-refractivity contribution is -0.383. The van der Waals surface area contributed by atoms with Gasteiger partial charge in [-0.3, -0.25) is 24.8 Å². The number of nitro benzene ring substituents is 1. The van der Waals surface area contributed by atoms with E-state index in [1.807, 2.05) is 4.90 Å². The Morgan fingerprint density at radius 1 is 1.11 bits per heavy atom. The lowest BCUT2D eigenvalue weighted by Crippen LogP contribution is -2.51. The Morgan fingerprint density at radius 2 is 1.86 bits per heavy atom. The number of piperazine rings is 1. The fourth-order valence-corrected chi connectivity index (χ4v) is 3.81. The standard InChI is InChI=1S/C19H23N5O4/c25-18(23-10-12-28-13-11-23)14-21-6-8-22(9-7-21)17-4-3-16(24(26)27)15-2-1-5-20-19(15)17/h1-5H,6-14H2. The summed E-state index contributed by atoms with van der Waals surface area (Å²) < 4.78 is 5.30. The molecule has 2 aliphatic rings. The Balaban J connectivity index is 1.43. The van der Waals surface area contributed by atoms with Gasteiger partial charge in [-0.25, -0.2) is 0 Å². The number of amides is 1. The van der Waals surface area contributed by atoms with E-state index in [9.17, 15) is 14.9 Å². The number of benzene rings is 1. The van der Waals surface area contributed by atoms with Crippen molar-refractivity contribution >= 4 is 28.2 Å². The second kappa shape index (κ2) is 8.07. The number of hydrogen-bond donors (Lipinski definition) is 0. The number of nitrogens with zero attached hydrogens (tertiary/aromatic N) is 5. The molecule has 2 saturated heterocycles. The van der Waals surface area contributed by atoms with Gasteiger partial charge in [0, 0.05) is 51.5 Å². The van der Waals surface area contributed by atoms with Gasteiger partial charge in [0.05, 0.1) is 35.8 Å². The van der Waals surface area contributed by atoms with Crippen LogP contribution in [0.4, 0.5) is 11.4 Å². The summed E-state index contributed by atoms with van der Waals surface area (Å²) in [5.74, 6) is 0.152. The van der Waals surface area contributed by atoms with Gasteiger partial charge in [0.2, 0.25) is 5.91 Å². The Morgan fingerprint density at radius 3 is 2.57 bits per heavy atom. The molecule has 4 rings (SSSR count). The topological polar surface area (TPSA) is 92.0 Å². The van der Waals surface area contributed by atoms with Crippen LogP contribution in [-0.4, -0.2) is 84.6 Å². The molecule has 9 heteroatoms. The smallest absolute Gasteiger partial charge is 0.278 e. The molecule has 28 heavy (non-hydrogen) atoms. The van der Waals surface area contributed by atoms with Crippen LogP contribution in [0.2, 0.25) is 0 Å². The van der Waals surface area contributed by atoms with Crippen molar-refractivity contribution in [1.82, 2.24) is 14.8 Å². The highest BCUT2D eigenvalue weighted by molar-refractivity contribution is 5.97. The van der Waals surface area contributed by atoms with E-state index in [1.165, 1.54) is 0 Å². The molecule has 0 radical (unpaired) electrons. The first-order valence-corrected chi connectivity index (χ1v) is 9.48. The number of nitro groups is 1. The Labute approximate surface area is 162 Å². The molecule has 0 spiro atoms. The van der Waals surface area contributed by atoms with E-state index in [0.29, 0.717) is 43.8 Å². The summed E-state index contributed by atoms with van der Waals surface area (Å²) in [6.45, 7) is 6.01. The van der Waals surface area contributed by atoms with Crippen LogP contribution in [0.25, 0.3) is 10.9 Å². The average molecular weight is 385 g/mol. The lowest BCUT2D eigenvalue weighted by Gasteiger charge is -2.37. The van der Waals surface area contributed by atoms with Gasteiger partial charge in [0.15, 0.2) is 0 Å². The minimum Gasteiger partial charge on any atom is -0.378 e. The summed E-state index contributed by atoms with van der Waals surface area (Å²) in [7, 11) is 0. The van der Waals surface area contributed by atoms with Crippen molar-refractivity contribution in [2.24, 2.45) is 0 Å². The summed E-state index contributed by atoms with van der Waals surface area (Å²) in [6.07, 6.45) is 1.66. The molecule has 0 N–H and O–H groups in total. The molecule has 1 aromatic heterocycles. The highest BCUT2D eigenvalue weighted by Crippen LogP contribution is 2.32. The van der Waals surface area contributed by atoms with Gasteiger partial charge in [-0.2, -0.15) is 0 Å². The molecule has 9 nitrogen and oxygen atoms in total. The predicted molar refractivity (Wildman–Crippen MR) is 104 cm³/mol. The quantitative estimate of drug-likeness (QED) is 0.575. The van der Waals surface area contributed by atoms with Crippen LogP contribution in [0.15, 0.2) is 30.5 Å². The second-order valence-corrected chi connectivity index (χ2v) is 7.02. The normalized spacial score (nSPS) is 18.4. The molecule has 2 aromatic rings. The van der Waals surface area contributed by atoms with E-state index in [0.717, 1.165) is 31.9 Å². The molecular formula is C19H23N5O4. The fourth-order valence-electron chi connectivity index (χ4n) is 3.81. The van der Waals surface area contributed by atoms with Crippen LogP contribution in [0.1, 0.15) is 0 Å². The minimum atomic E-state index is -0.372. The summed E-state index contributed by atoms with van der Waals surface area (Å²) >= 11 is 0. The summed E-state index contributed by atoms with van der Waals surface area (Å²) in [6, 6.07) is 6.78. The maximum atomic E-state index is 12.4. The van der Waals surface area contributed by atoms with Crippen molar-refractivity contribution < 1.29 is 14.5 Å². The van der Waals surface area contributed by atoms with Crippen molar-refractivity contribution in [3.8, 4) is 0 Å². The summed E-state index contributed by atoms with van der Waals surface area (Å²) in [5.41, 5.74) is 1.62. The number of pyridine rings is 1. The molecule has 0 aliphatic carbocycles. The van der Waals surface area contributed by atoms with Crippen molar-refractivity contribution in [2.75, 3.05) is 63.9 Å². The van der Waals surface area contributed by atoms with Crippen LogP contribution < -0.4 is 4.90 Å². The Bertz CT molecular complexity index is 876. The SMILES string of the molecule is O=C(CN1CCN(c2ccc([N+](=O)[O-])c3cccnc23)CC1)N1CCOCC1. The van der Waals surface area contributed by atoms with Crippen LogP contribution >= 0.6 is 0 Å². The van der Waals surface area contributed by atoms with Crippen LogP contribution in [-0.2, 0) is 9.53 Å². The molecule has 3 heterocycles. The third-order valence-corrected chi connectivity index (χ3v) is 5.36. The third-order valence-electron chi connectivity index (χ3n) is 5.36. The molecule has 0 unspecified atom stereocenters. The number of anilines is 1. The number of rotatable bonds is 4. The number of hydrogen-bond acceptors (Lipinski definition) is 7. The average Bonchev–Trinajstić information content (AvgIpc) is 2.74. The summed E-state index contributed by atoms with van der Waals surface area (Å²) in [4.78, 5) is 34.0. The highest BCUT2D eigenvalue weighted by atomic mass is 16.6. The number of non-ortho nitro benzene ring substituents is 1. The molecule has 0 bridgehead atoms. The fraction of sp³-hybridized carbons (Fsp3) is 0.474. The van der Waals surface area contributed by atoms with E-state index in [-0.39, 0.29) is 16.5 Å². The van der Waals surface area contributed by atoms with E-state index < -0.39 is 0 Å². The first-order valence-electron chi connectivity index (χ1n) is 9.48. The van der Waals surface area contributed by atoms with E-state index in [4.69, 9.17) is 4.74 Å². The number of ether oxygens (including phenoxy) is 1. The van der Waals surface area contributed by atoms with Crippen LogP contribution in [0, 0.1) is 10.1 Å². The van der Waals surface area contributed by atoms with Gasteiger partial charge in [0.25, 0.3) is 5.69 Å². The van der Waals surface area contributed by atoms with E-state index in [2.05, 4.69) is 14.8 Å². The van der Waals surface area contributed by atoms with Crippen molar-refractivity contribution in [2.45, 2.75) is 0 Å².